The van der Waals surface area contributed by atoms with Gasteiger partial charge in [0.25, 0.3) is 5.91 Å². The molecule has 0 aliphatic carbocycles. The molecular weight excluding hydrogens is 302 g/mol. The van der Waals surface area contributed by atoms with Gasteiger partial charge in [-0.1, -0.05) is 18.2 Å². The number of carbonyl (C=O) groups is 1. The van der Waals surface area contributed by atoms with Gasteiger partial charge in [0.1, 0.15) is 11.5 Å². The molecule has 5 nitrogen and oxygen atoms in total. The Kier molecular flexibility index (Phi) is 4.09. The molecule has 3 aromatic rings. The number of rotatable bonds is 5. The summed E-state index contributed by atoms with van der Waals surface area (Å²) in [5.74, 6) is 0.829. The number of amides is 1. The normalized spacial score (nSPS) is 16.5. The number of benzene rings is 1. The van der Waals surface area contributed by atoms with Crippen LogP contribution in [0.5, 0.6) is 0 Å². The van der Waals surface area contributed by atoms with Crippen molar-refractivity contribution in [3.05, 3.63) is 60.2 Å². The van der Waals surface area contributed by atoms with Gasteiger partial charge in [-0.2, -0.15) is 0 Å². The summed E-state index contributed by atoms with van der Waals surface area (Å²) in [7, 11) is 0. The van der Waals surface area contributed by atoms with E-state index >= 15 is 0 Å². The van der Waals surface area contributed by atoms with E-state index in [-0.39, 0.29) is 11.9 Å². The van der Waals surface area contributed by atoms with Crippen LogP contribution in [0.2, 0.25) is 0 Å². The van der Waals surface area contributed by atoms with Crippen molar-refractivity contribution in [1.29, 1.82) is 0 Å². The second-order valence-corrected chi connectivity index (χ2v) is 6.25. The number of furan rings is 1. The smallest absolute Gasteiger partial charge is 0.267 e. The van der Waals surface area contributed by atoms with Crippen molar-refractivity contribution in [2.75, 3.05) is 19.6 Å². The third kappa shape index (κ3) is 2.95. The first-order chi connectivity index (χ1) is 11.8. The molecule has 1 amide bonds. The molecule has 1 atom stereocenters. The van der Waals surface area contributed by atoms with Gasteiger partial charge in [0.2, 0.25) is 0 Å². The summed E-state index contributed by atoms with van der Waals surface area (Å²) >= 11 is 0. The Bertz CT molecular complexity index is 783. The summed E-state index contributed by atoms with van der Waals surface area (Å²) in [6, 6.07) is 13.8. The number of H-pyrrole nitrogens is 1. The number of aromatic amines is 1. The van der Waals surface area contributed by atoms with Gasteiger partial charge < -0.3 is 14.7 Å². The van der Waals surface area contributed by atoms with E-state index in [0.717, 1.165) is 29.8 Å². The molecule has 1 aromatic carbocycles. The average Bonchev–Trinajstić information content (AvgIpc) is 3.35. The van der Waals surface area contributed by atoms with Crippen LogP contribution >= 0.6 is 0 Å². The van der Waals surface area contributed by atoms with Crippen molar-refractivity contribution in [3.63, 3.8) is 0 Å². The van der Waals surface area contributed by atoms with E-state index in [1.54, 1.807) is 6.26 Å². The van der Waals surface area contributed by atoms with E-state index in [1.165, 1.54) is 12.8 Å². The monoisotopic (exact) mass is 323 g/mol. The van der Waals surface area contributed by atoms with Gasteiger partial charge in [0.15, 0.2) is 0 Å². The molecular formula is C19H21N3O2. The van der Waals surface area contributed by atoms with Gasteiger partial charge in [-0.3, -0.25) is 9.69 Å². The quantitative estimate of drug-likeness (QED) is 0.757. The van der Waals surface area contributed by atoms with Crippen molar-refractivity contribution in [3.8, 4) is 0 Å². The predicted molar refractivity (Wildman–Crippen MR) is 92.9 cm³/mol. The number of aromatic nitrogens is 1. The molecule has 1 aliphatic rings. The van der Waals surface area contributed by atoms with E-state index in [0.29, 0.717) is 12.2 Å². The summed E-state index contributed by atoms with van der Waals surface area (Å²) in [5, 5.41) is 4.10. The minimum atomic E-state index is -0.0815. The number of likely N-dealkylation sites (tertiary alicyclic amines) is 1. The highest BCUT2D eigenvalue weighted by atomic mass is 16.3. The zero-order valence-corrected chi connectivity index (χ0v) is 13.5. The number of nitrogens with zero attached hydrogens (tertiary/aromatic N) is 1. The van der Waals surface area contributed by atoms with Gasteiger partial charge in [-0.25, -0.2) is 0 Å². The lowest BCUT2D eigenvalue weighted by molar-refractivity contribution is 0.0929. The van der Waals surface area contributed by atoms with Gasteiger partial charge in [0.05, 0.1) is 12.3 Å². The molecule has 4 rings (SSSR count). The maximum atomic E-state index is 12.5. The fourth-order valence-corrected chi connectivity index (χ4v) is 3.42. The Labute approximate surface area is 140 Å². The lowest BCUT2D eigenvalue weighted by atomic mass is 10.2. The topological polar surface area (TPSA) is 61.3 Å². The van der Waals surface area contributed by atoms with E-state index in [1.807, 2.05) is 42.5 Å². The number of carbonyl (C=O) groups excluding carboxylic acids is 1. The third-order valence-corrected chi connectivity index (χ3v) is 4.68. The molecule has 0 saturated carbocycles. The van der Waals surface area contributed by atoms with Gasteiger partial charge >= 0.3 is 0 Å². The van der Waals surface area contributed by atoms with Gasteiger partial charge in [-0.15, -0.1) is 0 Å². The maximum Gasteiger partial charge on any atom is 0.267 e. The molecule has 0 unspecified atom stereocenters. The summed E-state index contributed by atoms with van der Waals surface area (Å²) in [6.07, 6.45) is 4.10. The van der Waals surface area contributed by atoms with Crippen LogP contribution < -0.4 is 5.32 Å². The molecule has 3 heterocycles. The van der Waals surface area contributed by atoms with Crippen molar-refractivity contribution in [2.45, 2.75) is 18.9 Å². The van der Waals surface area contributed by atoms with E-state index < -0.39 is 0 Å². The minimum Gasteiger partial charge on any atom is -0.468 e. The molecule has 24 heavy (non-hydrogen) atoms. The first-order valence-corrected chi connectivity index (χ1v) is 8.45. The Morgan fingerprint density at radius 1 is 1.21 bits per heavy atom. The van der Waals surface area contributed by atoms with Crippen LogP contribution in [0.3, 0.4) is 0 Å². The SMILES string of the molecule is O=C(NC[C@H](c1ccco1)N1CCCC1)c1cc2ccccc2[nH]1. The minimum absolute atomic E-state index is 0.0815. The number of para-hydroxylation sites is 1. The van der Waals surface area contributed by atoms with Crippen molar-refractivity contribution >= 4 is 16.8 Å². The molecule has 1 fully saturated rings. The second kappa shape index (κ2) is 6.53. The molecule has 124 valence electrons. The van der Waals surface area contributed by atoms with Gasteiger partial charge in [0, 0.05) is 17.4 Å². The zero-order chi connectivity index (χ0) is 16.4. The summed E-state index contributed by atoms with van der Waals surface area (Å²) in [4.78, 5) is 18.1. The Balaban J connectivity index is 1.48. The Hall–Kier alpha value is -2.53. The molecule has 0 spiro atoms. The van der Waals surface area contributed by atoms with Gasteiger partial charge in [-0.05, 0) is 50.2 Å². The Morgan fingerprint density at radius 2 is 2.04 bits per heavy atom. The molecule has 1 aliphatic heterocycles. The Morgan fingerprint density at radius 3 is 2.79 bits per heavy atom. The first kappa shape index (κ1) is 15.0. The molecule has 2 N–H and O–H groups in total. The molecule has 2 aromatic heterocycles. The molecule has 0 radical (unpaired) electrons. The second-order valence-electron chi connectivity index (χ2n) is 6.25. The number of fused-ring (bicyclic) bond motifs is 1. The fourth-order valence-electron chi connectivity index (χ4n) is 3.42. The van der Waals surface area contributed by atoms with E-state index in [4.69, 9.17) is 4.42 Å². The van der Waals surface area contributed by atoms with Crippen LogP contribution in [0.4, 0.5) is 0 Å². The van der Waals surface area contributed by atoms with Crippen molar-refractivity contribution in [2.24, 2.45) is 0 Å². The molecule has 0 bridgehead atoms. The summed E-state index contributed by atoms with van der Waals surface area (Å²) in [5.41, 5.74) is 1.57. The van der Waals surface area contributed by atoms with Crippen molar-refractivity contribution < 1.29 is 9.21 Å². The zero-order valence-electron chi connectivity index (χ0n) is 13.5. The fraction of sp³-hybridized carbons (Fsp3) is 0.316. The van der Waals surface area contributed by atoms with Crippen LogP contribution in [-0.4, -0.2) is 35.4 Å². The highest BCUT2D eigenvalue weighted by Gasteiger charge is 2.26. The number of nitrogens with one attached hydrogen (secondary N) is 2. The van der Waals surface area contributed by atoms with Crippen LogP contribution in [0.15, 0.2) is 53.1 Å². The lowest BCUT2D eigenvalue weighted by Crippen LogP contribution is -2.36. The predicted octanol–water partition coefficient (Wildman–Crippen LogP) is 3.33. The van der Waals surface area contributed by atoms with E-state index in [2.05, 4.69) is 15.2 Å². The number of hydrogen-bond acceptors (Lipinski definition) is 3. The molecule has 5 heteroatoms. The van der Waals surface area contributed by atoms with Crippen LogP contribution in [0, 0.1) is 0 Å². The van der Waals surface area contributed by atoms with Crippen molar-refractivity contribution in [1.82, 2.24) is 15.2 Å². The van der Waals surface area contributed by atoms with Crippen LogP contribution in [-0.2, 0) is 0 Å². The largest absolute Gasteiger partial charge is 0.468 e. The third-order valence-electron chi connectivity index (χ3n) is 4.68. The number of hydrogen-bond donors (Lipinski definition) is 2. The lowest BCUT2D eigenvalue weighted by Gasteiger charge is -2.25. The van der Waals surface area contributed by atoms with Crippen LogP contribution in [0.1, 0.15) is 35.1 Å². The maximum absolute atomic E-state index is 12.5. The molecule has 1 saturated heterocycles. The van der Waals surface area contributed by atoms with Crippen LogP contribution in [0.25, 0.3) is 10.9 Å². The highest BCUT2D eigenvalue weighted by molar-refractivity contribution is 5.97. The van der Waals surface area contributed by atoms with E-state index in [9.17, 15) is 4.79 Å². The summed E-state index contributed by atoms with van der Waals surface area (Å²) < 4.78 is 5.59. The first-order valence-electron chi connectivity index (χ1n) is 8.45. The highest BCUT2D eigenvalue weighted by Crippen LogP contribution is 2.25. The standard InChI is InChI=1S/C19H21N3O2/c23-19(16-12-14-6-1-2-7-15(14)21-16)20-13-17(18-8-5-11-24-18)22-9-3-4-10-22/h1-2,5-8,11-12,17,21H,3-4,9-10,13H2,(H,20,23)/t17-/m1/s1. The average molecular weight is 323 g/mol. The summed E-state index contributed by atoms with van der Waals surface area (Å²) in [6.45, 7) is 2.64.